The van der Waals surface area contributed by atoms with Gasteiger partial charge in [0.2, 0.25) is 17.7 Å². The Morgan fingerprint density at radius 2 is 1.70 bits per heavy atom. The molecule has 0 aliphatic carbocycles. The van der Waals surface area contributed by atoms with Crippen LogP contribution in [0.25, 0.3) is 0 Å². The molecule has 0 fully saturated rings. The van der Waals surface area contributed by atoms with Crippen molar-refractivity contribution in [2.45, 2.75) is 25.5 Å². The van der Waals surface area contributed by atoms with Crippen molar-refractivity contribution in [1.29, 1.82) is 0 Å². The van der Waals surface area contributed by atoms with Crippen LogP contribution >= 0.6 is 0 Å². The Balaban J connectivity index is 2.02. The second-order valence-electron chi connectivity index (χ2n) is 5.96. The van der Waals surface area contributed by atoms with Crippen LogP contribution in [0.3, 0.4) is 0 Å². The van der Waals surface area contributed by atoms with Crippen LogP contribution in [-0.4, -0.2) is 30.8 Å². The third-order valence-electron chi connectivity index (χ3n) is 3.86. The molecule has 2 aromatic carbocycles. The first kappa shape index (κ1) is 20.0. The summed E-state index contributed by atoms with van der Waals surface area (Å²) in [6.07, 6.45) is -0.255. The Kier molecular flexibility index (Phi) is 7.37. The molecule has 0 saturated heterocycles. The summed E-state index contributed by atoms with van der Waals surface area (Å²) in [6, 6.07) is 15.9. The highest BCUT2D eigenvalue weighted by Gasteiger charge is 2.22. The average Bonchev–Trinajstić information content (AvgIpc) is 2.66. The lowest BCUT2D eigenvalue weighted by Crippen LogP contribution is -2.48. The molecule has 3 amide bonds. The summed E-state index contributed by atoms with van der Waals surface area (Å²) >= 11 is 0. The zero-order valence-corrected chi connectivity index (χ0v) is 15.1. The van der Waals surface area contributed by atoms with Gasteiger partial charge in [0.25, 0.3) is 0 Å². The maximum absolute atomic E-state index is 12.4. The lowest BCUT2D eigenvalue weighted by atomic mass is 10.1. The molecule has 7 nitrogen and oxygen atoms in total. The summed E-state index contributed by atoms with van der Waals surface area (Å²) in [4.78, 5) is 35.3. The van der Waals surface area contributed by atoms with Crippen LogP contribution in [0.2, 0.25) is 0 Å². The van der Waals surface area contributed by atoms with Crippen LogP contribution in [0.4, 0.5) is 0 Å². The van der Waals surface area contributed by atoms with E-state index in [0.29, 0.717) is 17.9 Å². The number of nitrogens with one attached hydrogen (secondary N) is 2. The number of carbonyl (C=O) groups excluding carboxylic acids is 3. The first-order chi connectivity index (χ1) is 13.0. The van der Waals surface area contributed by atoms with E-state index in [1.54, 1.807) is 18.2 Å². The van der Waals surface area contributed by atoms with Crippen LogP contribution in [-0.2, 0) is 27.4 Å². The van der Waals surface area contributed by atoms with Crippen LogP contribution < -0.4 is 21.1 Å². The van der Waals surface area contributed by atoms with Crippen molar-refractivity contribution in [3.05, 3.63) is 65.7 Å². The number of rotatable bonds is 9. The number of hydrogen-bond donors (Lipinski definition) is 3. The number of para-hydroxylation sites is 1. The highest BCUT2D eigenvalue weighted by atomic mass is 16.5. The van der Waals surface area contributed by atoms with Crippen LogP contribution in [0.1, 0.15) is 17.5 Å². The zero-order chi connectivity index (χ0) is 19.6. The molecule has 0 radical (unpaired) electrons. The van der Waals surface area contributed by atoms with E-state index in [1.807, 2.05) is 36.4 Å². The summed E-state index contributed by atoms with van der Waals surface area (Å²) < 4.78 is 5.83. The number of nitrogens with two attached hydrogens (primary N) is 1. The fourth-order valence-electron chi connectivity index (χ4n) is 2.53. The Morgan fingerprint density at radius 3 is 2.37 bits per heavy atom. The first-order valence-corrected chi connectivity index (χ1v) is 8.53. The molecule has 0 heterocycles. The molecular formula is C20H23N3O4. The predicted octanol–water partition coefficient (Wildman–Crippen LogP) is 0.914. The van der Waals surface area contributed by atoms with E-state index in [0.717, 1.165) is 5.56 Å². The first-order valence-electron chi connectivity index (χ1n) is 8.53. The summed E-state index contributed by atoms with van der Waals surface area (Å²) in [5, 5.41) is 4.94. The monoisotopic (exact) mass is 369 g/mol. The number of primary amides is 1. The minimum atomic E-state index is -1.00. The van der Waals surface area contributed by atoms with Gasteiger partial charge in [0.15, 0.2) is 0 Å². The quantitative estimate of drug-likeness (QED) is 0.610. The van der Waals surface area contributed by atoms with Crippen molar-refractivity contribution < 1.29 is 19.1 Å². The van der Waals surface area contributed by atoms with Crippen molar-refractivity contribution in [3.8, 4) is 5.75 Å². The molecule has 0 aliphatic rings. The Bertz CT molecular complexity index is 793. The van der Waals surface area contributed by atoms with Crippen LogP contribution in [0, 0.1) is 0 Å². The van der Waals surface area contributed by atoms with E-state index in [2.05, 4.69) is 10.6 Å². The number of amides is 3. The van der Waals surface area contributed by atoms with Gasteiger partial charge in [-0.1, -0.05) is 48.5 Å². The van der Waals surface area contributed by atoms with Crippen LogP contribution in [0.5, 0.6) is 5.75 Å². The van der Waals surface area contributed by atoms with Gasteiger partial charge in [-0.3, -0.25) is 14.4 Å². The summed E-state index contributed by atoms with van der Waals surface area (Å²) in [5.41, 5.74) is 6.84. The Labute approximate surface area is 157 Å². The van der Waals surface area contributed by atoms with Crippen molar-refractivity contribution in [3.63, 3.8) is 0 Å². The molecule has 27 heavy (non-hydrogen) atoms. The van der Waals surface area contributed by atoms with Gasteiger partial charge in [0, 0.05) is 12.6 Å². The van der Waals surface area contributed by atoms with Gasteiger partial charge in [-0.2, -0.15) is 0 Å². The molecule has 142 valence electrons. The molecule has 0 saturated carbocycles. The smallest absolute Gasteiger partial charge is 0.242 e. The summed E-state index contributed by atoms with van der Waals surface area (Å²) in [7, 11) is 1.43. The number of benzene rings is 2. The van der Waals surface area contributed by atoms with Crippen molar-refractivity contribution in [2.24, 2.45) is 5.73 Å². The van der Waals surface area contributed by atoms with E-state index in [9.17, 15) is 14.4 Å². The molecule has 7 heteroatoms. The Hall–Kier alpha value is -3.35. The highest BCUT2D eigenvalue weighted by Crippen LogP contribution is 2.20. The topological polar surface area (TPSA) is 111 Å². The van der Waals surface area contributed by atoms with E-state index < -0.39 is 23.8 Å². The van der Waals surface area contributed by atoms with E-state index in [4.69, 9.17) is 10.5 Å². The van der Waals surface area contributed by atoms with Crippen LogP contribution in [0.15, 0.2) is 54.6 Å². The third kappa shape index (κ3) is 6.47. The second kappa shape index (κ2) is 9.96. The standard InChI is InChI=1S/C20H23N3O4/c1-22-20(26)16(12-18(21)24)23-19(25)11-15-9-5-6-10-17(15)27-13-14-7-3-2-4-8-14/h2-10,16H,11-13H2,1H3,(H2,21,24)(H,22,26)(H,23,25)/t16-/m0/s1. The maximum Gasteiger partial charge on any atom is 0.242 e. The minimum absolute atomic E-state index is 0.0111. The summed E-state index contributed by atoms with van der Waals surface area (Å²) in [6.45, 7) is 0.377. The molecule has 2 rings (SSSR count). The predicted molar refractivity (Wildman–Crippen MR) is 101 cm³/mol. The maximum atomic E-state index is 12.4. The van der Waals surface area contributed by atoms with E-state index >= 15 is 0 Å². The number of hydrogen-bond acceptors (Lipinski definition) is 4. The third-order valence-corrected chi connectivity index (χ3v) is 3.86. The largest absolute Gasteiger partial charge is 0.489 e. The average molecular weight is 369 g/mol. The zero-order valence-electron chi connectivity index (χ0n) is 15.1. The van der Waals surface area contributed by atoms with Gasteiger partial charge in [-0.25, -0.2) is 0 Å². The fourth-order valence-corrected chi connectivity index (χ4v) is 2.53. The molecule has 0 aromatic heterocycles. The van der Waals surface area contributed by atoms with Crippen molar-refractivity contribution >= 4 is 17.7 Å². The molecule has 1 atom stereocenters. The molecule has 4 N–H and O–H groups in total. The molecule has 0 bridgehead atoms. The van der Waals surface area contributed by atoms with E-state index in [1.165, 1.54) is 7.05 Å². The number of likely N-dealkylation sites (N-methyl/N-ethyl adjacent to an activating group) is 1. The van der Waals surface area contributed by atoms with Gasteiger partial charge in [0.05, 0.1) is 12.8 Å². The second-order valence-corrected chi connectivity index (χ2v) is 5.96. The lowest BCUT2D eigenvalue weighted by molar-refractivity contribution is -0.130. The molecular weight excluding hydrogens is 346 g/mol. The molecule has 2 aromatic rings. The van der Waals surface area contributed by atoms with Crippen molar-refractivity contribution in [1.82, 2.24) is 10.6 Å². The minimum Gasteiger partial charge on any atom is -0.489 e. The van der Waals surface area contributed by atoms with Gasteiger partial charge < -0.3 is 21.1 Å². The SMILES string of the molecule is CNC(=O)[C@H](CC(N)=O)NC(=O)Cc1ccccc1OCc1ccccc1. The Morgan fingerprint density at radius 1 is 1.04 bits per heavy atom. The molecule has 0 aliphatic heterocycles. The van der Waals surface area contributed by atoms with Crippen molar-refractivity contribution in [2.75, 3.05) is 7.05 Å². The summed E-state index contributed by atoms with van der Waals surface area (Å²) in [5.74, 6) is -0.963. The number of ether oxygens (including phenoxy) is 1. The van der Waals surface area contributed by atoms with E-state index in [-0.39, 0.29) is 12.8 Å². The molecule has 0 spiro atoms. The highest BCUT2D eigenvalue weighted by molar-refractivity contribution is 5.92. The van der Waals surface area contributed by atoms with Gasteiger partial charge >= 0.3 is 0 Å². The number of carbonyl (C=O) groups is 3. The fraction of sp³-hybridized carbons (Fsp3) is 0.250. The lowest BCUT2D eigenvalue weighted by Gasteiger charge is -2.17. The molecule has 0 unspecified atom stereocenters. The van der Waals surface area contributed by atoms with Gasteiger partial charge in [0.1, 0.15) is 18.4 Å². The van der Waals surface area contributed by atoms with Gasteiger partial charge in [-0.15, -0.1) is 0 Å². The normalized spacial score (nSPS) is 11.3. The van der Waals surface area contributed by atoms with Gasteiger partial charge in [-0.05, 0) is 11.6 Å².